The van der Waals surface area contributed by atoms with Gasteiger partial charge in [0.1, 0.15) is 22.7 Å². The Morgan fingerprint density at radius 1 is 0.771 bits per heavy atom. The smallest absolute Gasteiger partial charge is 0.450 e. The summed E-state index contributed by atoms with van der Waals surface area (Å²) in [6, 6.07) is 23.0. The average molecular weight is 683 g/mol. The van der Waals surface area contributed by atoms with Gasteiger partial charge in [0.05, 0.1) is 12.3 Å². The Balaban J connectivity index is 1.98. The molecule has 48 heavy (non-hydrogen) atoms. The summed E-state index contributed by atoms with van der Waals surface area (Å²) >= 11 is 0. The Morgan fingerprint density at radius 2 is 1.27 bits per heavy atom. The number of para-hydroxylation sites is 2. The van der Waals surface area contributed by atoms with E-state index >= 15 is 0 Å². The molecule has 0 aliphatic carbocycles. The molecule has 258 valence electrons. The number of guanidine groups is 1. The van der Waals surface area contributed by atoms with Crippen molar-refractivity contribution < 1.29 is 42.2 Å². The van der Waals surface area contributed by atoms with E-state index in [9.17, 15) is 18.9 Å². The van der Waals surface area contributed by atoms with Gasteiger partial charge in [0.15, 0.2) is 5.78 Å². The monoisotopic (exact) mass is 682 g/mol. The third kappa shape index (κ3) is 12.0. The lowest BCUT2D eigenvalue weighted by atomic mass is 10.1. The molecular weight excluding hydrogens is 639 g/mol. The van der Waals surface area contributed by atoms with Crippen LogP contribution in [0.15, 0.2) is 84.9 Å². The van der Waals surface area contributed by atoms with Gasteiger partial charge in [-0.2, -0.15) is 0 Å². The Hall–Kier alpha value is -5.03. The molecule has 0 saturated carbocycles. The maximum atomic E-state index is 14.6. The van der Waals surface area contributed by atoms with Gasteiger partial charge in [-0.3, -0.25) is 10.7 Å². The van der Waals surface area contributed by atoms with Gasteiger partial charge < -0.3 is 28.6 Å². The first-order chi connectivity index (χ1) is 22.5. The molecule has 0 aliphatic rings. The summed E-state index contributed by atoms with van der Waals surface area (Å²) in [6.45, 7) is 11.7. The van der Waals surface area contributed by atoms with Gasteiger partial charge in [0, 0.05) is 6.42 Å². The van der Waals surface area contributed by atoms with Crippen molar-refractivity contribution in [3.05, 3.63) is 90.5 Å². The zero-order valence-corrected chi connectivity index (χ0v) is 29.0. The number of carbonyl (C=O) groups excluding carboxylic acids is 3. The summed E-state index contributed by atoms with van der Waals surface area (Å²) in [5.41, 5.74) is -1.03. The van der Waals surface area contributed by atoms with Gasteiger partial charge in [0.2, 0.25) is 5.96 Å². The summed E-state index contributed by atoms with van der Waals surface area (Å²) in [5.74, 6) is -1.33. The molecular formula is C34H43N4O9P. The zero-order chi connectivity index (χ0) is 35.5. The van der Waals surface area contributed by atoms with Crippen LogP contribution in [0.4, 0.5) is 20.1 Å². The first-order valence-electron chi connectivity index (χ1n) is 15.2. The lowest BCUT2D eigenvalue weighted by Gasteiger charge is -2.29. The number of alkyl carbamates (subject to hydrolysis) is 2. The standard InChI is InChI=1S/C34H43N4O9P/c1-8-43-30(39)36-28(48(42,46-26-15-11-9-12-16-26)47-27-17-13-10-14-18-27)23-24-19-21-25(22-20-24)38(32(41)45-34(5,6)7)29(35)37-31(40)44-33(2,3)4/h9-22,28H,8,23H2,1-7H3,(H,36,39)(H2,35,37,40). The minimum absolute atomic E-state index is 0.0594. The van der Waals surface area contributed by atoms with Crippen LogP contribution in [-0.4, -0.2) is 47.8 Å². The lowest BCUT2D eigenvalue weighted by molar-refractivity contribution is 0.0558. The van der Waals surface area contributed by atoms with Crippen molar-refractivity contribution in [2.45, 2.75) is 71.9 Å². The van der Waals surface area contributed by atoms with E-state index in [-0.39, 0.29) is 30.2 Å². The molecule has 0 aromatic heterocycles. The molecule has 0 fully saturated rings. The molecule has 3 amide bonds. The van der Waals surface area contributed by atoms with Gasteiger partial charge in [-0.1, -0.05) is 48.5 Å². The minimum atomic E-state index is -4.23. The fourth-order valence-corrected chi connectivity index (χ4v) is 5.87. The van der Waals surface area contributed by atoms with Crippen molar-refractivity contribution in [1.29, 1.82) is 5.41 Å². The van der Waals surface area contributed by atoms with Crippen molar-refractivity contribution in [2.75, 3.05) is 11.5 Å². The number of anilines is 1. The van der Waals surface area contributed by atoms with Gasteiger partial charge in [0.25, 0.3) is 0 Å². The van der Waals surface area contributed by atoms with Crippen LogP contribution in [0.1, 0.15) is 54.0 Å². The Morgan fingerprint density at radius 3 is 1.73 bits per heavy atom. The second-order valence-electron chi connectivity index (χ2n) is 12.4. The minimum Gasteiger partial charge on any atom is -0.450 e. The zero-order valence-electron chi connectivity index (χ0n) is 28.1. The molecule has 3 aromatic rings. The summed E-state index contributed by atoms with van der Waals surface area (Å²) in [4.78, 5) is 39.2. The number of ether oxygens (including phenoxy) is 3. The van der Waals surface area contributed by atoms with Crippen LogP contribution in [0.5, 0.6) is 11.5 Å². The largest absolute Gasteiger partial charge is 0.453 e. The van der Waals surface area contributed by atoms with Crippen LogP contribution < -0.4 is 24.6 Å². The van der Waals surface area contributed by atoms with Crippen LogP contribution in [0, 0.1) is 5.41 Å². The number of nitrogens with zero attached hydrogens (tertiary/aromatic N) is 1. The van der Waals surface area contributed by atoms with Crippen molar-refractivity contribution in [3.8, 4) is 11.5 Å². The molecule has 3 rings (SSSR count). The normalized spacial score (nSPS) is 12.1. The molecule has 1 unspecified atom stereocenters. The van der Waals surface area contributed by atoms with E-state index in [1.165, 1.54) is 12.1 Å². The molecule has 13 nitrogen and oxygen atoms in total. The molecule has 3 aromatic carbocycles. The predicted molar refractivity (Wildman–Crippen MR) is 182 cm³/mol. The second kappa shape index (κ2) is 16.2. The molecule has 3 N–H and O–H groups in total. The Kier molecular flexibility index (Phi) is 12.6. The third-order valence-electron chi connectivity index (χ3n) is 5.94. The van der Waals surface area contributed by atoms with Gasteiger partial charge in [-0.05, 0) is 90.4 Å². The SMILES string of the molecule is CCOC(=O)NC(Cc1ccc(N(C(=N)NC(=O)OC(C)(C)C)C(=O)OC(C)(C)C)cc1)P(=O)(Oc1ccccc1)Oc1ccccc1. The molecule has 1 atom stereocenters. The van der Waals surface area contributed by atoms with Crippen molar-refractivity contribution in [3.63, 3.8) is 0 Å². The van der Waals surface area contributed by atoms with Crippen LogP contribution in [-0.2, 0) is 25.2 Å². The van der Waals surface area contributed by atoms with Crippen LogP contribution >= 0.6 is 7.60 Å². The highest BCUT2D eigenvalue weighted by atomic mass is 31.2. The van der Waals surface area contributed by atoms with E-state index in [4.69, 9.17) is 28.7 Å². The van der Waals surface area contributed by atoms with Gasteiger partial charge in [-0.25, -0.2) is 23.8 Å². The molecule has 0 aliphatic heterocycles. The average Bonchev–Trinajstić information content (AvgIpc) is 2.97. The Labute approximate surface area is 280 Å². The van der Waals surface area contributed by atoms with Crippen molar-refractivity contribution >= 4 is 37.5 Å². The van der Waals surface area contributed by atoms with E-state index in [1.54, 1.807) is 121 Å². The van der Waals surface area contributed by atoms with Crippen LogP contribution in [0.3, 0.4) is 0 Å². The molecule has 14 heteroatoms. The van der Waals surface area contributed by atoms with E-state index in [1.807, 2.05) is 0 Å². The number of hydrogen-bond donors (Lipinski definition) is 3. The number of rotatable bonds is 10. The predicted octanol–water partition coefficient (Wildman–Crippen LogP) is 7.85. The van der Waals surface area contributed by atoms with Gasteiger partial charge in [-0.15, -0.1) is 0 Å². The Bertz CT molecular complexity index is 1540. The maximum absolute atomic E-state index is 14.6. The highest BCUT2D eigenvalue weighted by molar-refractivity contribution is 7.55. The number of hydrogen-bond acceptors (Lipinski definition) is 10. The summed E-state index contributed by atoms with van der Waals surface area (Å²) in [5, 5.41) is 13.4. The lowest BCUT2D eigenvalue weighted by Crippen LogP contribution is -2.49. The summed E-state index contributed by atoms with van der Waals surface area (Å²) in [7, 11) is -4.23. The number of nitrogens with one attached hydrogen (secondary N) is 3. The number of benzene rings is 3. The van der Waals surface area contributed by atoms with E-state index < -0.39 is 48.8 Å². The van der Waals surface area contributed by atoms with Crippen molar-refractivity contribution in [2.24, 2.45) is 0 Å². The first-order valence-corrected chi connectivity index (χ1v) is 16.8. The quantitative estimate of drug-likeness (QED) is 0.0835. The highest BCUT2D eigenvalue weighted by Crippen LogP contribution is 2.53. The van der Waals surface area contributed by atoms with E-state index in [0.29, 0.717) is 5.56 Å². The maximum Gasteiger partial charge on any atom is 0.453 e. The van der Waals surface area contributed by atoms with Crippen LogP contribution in [0.25, 0.3) is 0 Å². The van der Waals surface area contributed by atoms with Crippen LogP contribution in [0.2, 0.25) is 0 Å². The fourth-order valence-electron chi connectivity index (χ4n) is 4.05. The van der Waals surface area contributed by atoms with E-state index in [2.05, 4.69) is 10.6 Å². The third-order valence-corrected chi connectivity index (χ3v) is 7.94. The topological polar surface area (TPSA) is 166 Å². The molecule has 0 saturated heterocycles. The molecule has 0 spiro atoms. The summed E-state index contributed by atoms with van der Waals surface area (Å²) in [6.07, 6.45) is -2.74. The van der Waals surface area contributed by atoms with Gasteiger partial charge >= 0.3 is 25.9 Å². The number of carbonyl (C=O) groups is 3. The van der Waals surface area contributed by atoms with E-state index in [0.717, 1.165) is 4.90 Å². The molecule has 0 radical (unpaired) electrons. The summed E-state index contributed by atoms with van der Waals surface area (Å²) < 4.78 is 42.4. The van der Waals surface area contributed by atoms with Crippen molar-refractivity contribution in [1.82, 2.24) is 10.6 Å². The number of amides is 3. The molecule has 0 heterocycles. The highest BCUT2D eigenvalue weighted by Gasteiger charge is 2.41. The second-order valence-corrected chi connectivity index (χ2v) is 14.5. The fraction of sp³-hybridized carbons (Fsp3) is 0.353. The first kappa shape index (κ1) is 37.4. The molecule has 0 bridgehead atoms.